The minimum atomic E-state index is 0.0977. The summed E-state index contributed by atoms with van der Waals surface area (Å²) in [6.07, 6.45) is 1.76. The van der Waals surface area contributed by atoms with Crippen LogP contribution in [0.25, 0.3) is 0 Å². The van der Waals surface area contributed by atoms with Crippen molar-refractivity contribution in [2.45, 2.75) is 46.4 Å². The average Bonchev–Trinajstić information content (AvgIpc) is 2.92. The van der Waals surface area contributed by atoms with E-state index < -0.39 is 0 Å². The number of hydrogen-bond acceptors (Lipinski definition) is 4. The molecule has 0 aliphatic carbocycles. The highest BCUT2D eigenvalue weighted by Crippen LogP contribution is 2.13. The van der Waals surface area contributed by atoms with E-state index in [1.54, 1.807) is 6.26 Å². The lowest BCUT2D eigenvalue weighted by atomic mass is 10.1. The van der Waals surface area contributed by atoms with E-state index in [9.17, 15) is 0 Å². The lowest BCUT2D eigenvalue weighted by Gasteiger charge is -2.19. The van der Waals surface area contributed by atoms with Crippen molar-refractivity contribution in [1.82, 2.24) is 15.5 Å². The van der Waals surface area contributed by atoms with Crippen LogP contribution in [0, 0.1) is 6.92 Å². The molecule has 19 heavy (non-hydrogen) atoms. The predicted octanol–water partition coefficient (Wildman–Crippen LogP) is 2.78. The zero-order valence-corrected chi connectivity index (χ0v) is 11.9. The van der Waals surface area contributed by atoms with E-state index in [-0.39, 0.29) is 5.54 Å². The second-order valence-corrected chi connectivity index (χ2v) is 5.70. The van der Waals surface area contributed by atoms with Crippen molar-refractivity contribution in [2.75, 3.05) is 0 Å². The molecule has 2 aromatic rings. The van der Waals surface area contributed by atoms with Crippen LogP contribution < -0.4 is 10.1 Å². The van der Waals surface area contributed by atoms with E-state index in [4.69, 9.17) is 9.15 Å². The summed E-state index contributed by atoms with van der Waals surface area (Å²) in [5.74, 6) is 1.38. The first-order valence-corrected chi connectivity index (χ1v) is 6.38. The number of aromatic nitrogens is 2. The van der Waals surface area contributed by atoms with Gasteiger partial charge in [0.05, 0.1) is 6.26 Å². The number of H-pyrrole nitrogens is 1. The summed E-state index contributed by atoms with van der Waals surface area (Å²) in [5, 5.41) is 10.2. The van der Waals surface area contributed by atoms with E-state index in [1.807, 2.05) is 19.1 Å². The van der Waals surface area contributed by atoms with E-state index in [1.165, 1.54) is 0 Å². The summed E-state index contributed by atoms with van der Waals surface area (Å²) in [6.45, 7) is 9.52. The first-order chi connectivity index (χ1) is 8.92. The number of ether oxygens (including phenoxy) is 1. The van der Waals surface area contributed by atoms with Crippen LogP contribution in [-0.2, 0) is 13.2 Å². The Labute approximate surface area is 113 Å². The van der Waals surface area contributed by atoms with Gasteiger partial charge < -0.3 is 14.5 Å². The highest BCUT2D eigenvalue weighted by atomic mass is 16.5. The van der Waals surface area contributed by atoms with E-state index in [0.717, 1.165) is 23.6 Å². The minimum absolute atomic E-state index is 0.0977. The van der Waals surface area contributed by atoms with Crippen LogP contribution in [0.1, 0.15) is 37.8 Å². The zero-order chi connectivity index (χ0) is 13.9. The molecule has 0 spiro atoms. The van der Waals surface area contributed by atoms with Gasteiger partial charge in [0, 0.05) is 29.4 Å². The molecule has 2 heterocycles. The van der Waals surface area contributed by atoms with Crippen LogP contribution in [-0.4, -0.2) is 15.7 Å². The maximum absolute atomic E-state index is 5.52. The van der Waals surface area contributed by atoms with Crippen LogP contribution in [0.3, 0.4) is 0 Å². The molecule has 0 amide bonds. The second-order valence-electron chi connectivity index (χ2n) is 5.70. The number of aromatic amines is 1. The fourth-order valence-electron chi connectivity index (χ4n) is 1.57. The number of nitrogens with zero attached hydrogens (tertiary/aromatic N) is 1. The van der Waals surface area contributed by atoms with Crippen molar-refractivity contribution in [3.05, 3.63) is 35.4 Å². The number of furan rings is 1. The standard InChI is InChI=1S/C14H21N3O2/c1-10-5-13(17-16-10)19-9-12-6-11(8-18-12)7-15-14(2,3)4/h5-6,8,15H,7,9H2,1-4H3,(H,16,17). The Hall–Kier alpha value is -1.75. The molecule has 2 aromatic heterocycles. The normalized spacial score (nSPS) is 11.8. The van der Waals surface area contributed by atoms with Crippen molar-refractivity contribution < 1.29 is 9.15 Å². The maximum atomic E-state index is 5.52. The number of hydrogen-bond donors (Lipinski definition) is 2. The molecule has 0 saturated heterocycles. The van der Waals surface area contributed by atoms with E-state index >= 15 is 0 Å². The van der Waals surface area contributed by atoms with Gasteiger partial charge in [0.2, 0.25) is 5.88 Å². The van der Waals surface area contributed by atoms with Gasteiger partial charge in [-0.15, -0.1) is 5.10 Å². The van der Waals surface area contributed by atoms with Crippen LogP contribution >= 0.6 is 0 Å². The Morgan fingerprint density at radius 3 is 2.79 bits per heavy atom. The molecule has 0 saturated carbocycles. The SMILES string of the molecule is Cc1cc(OCc2cc(CNC(C)(C)C)co2)n[nH]1. The van der Waals surface area contributed by atoms with Gasteiger partial charge in [0.25, 0.3) is 0 Å². The van der Waals surface area contributed by atoms with Crippen molar-refractivity contribution in [2.24, 2.45) is 0 Å². The molecule has 0 fully saturated rings. The van der Waals surface area contributed by atoms with Gasteiger partial charge >= 0.3 is 0 Å². The van der Waals surface area contributed by atoms with Gasteiger partial charge in [-0.2, -0.15) is 0 Å². The largest absolute Gasteiger partial charge is 0.468 e. The predicted molar refractivity (Wildman–Crippen MR) is 73.0 cm³/mol. The summed E-state index contributed by atoms with van der Waals surface area (Å²) in [7, 11) is 0. The lowest BCUT2D eigenvalue weighted by molar-refractivity contribution is 0.260. The van der Waals surface area contributed by atoms with Gasteiger partial charge in [-0.25, -0.2) is 0 Å². The van der Waals surface area contributed by atoms with Gasteiger partial charge in [-0.3, -0.25) is 5.10 Å². The van der Waals surface area contributed by atoms with Crippen molar-refractivity contribution in [3.8, 4) is 5.88 Å². The molecule has 0 radical (unpaired) electrons. The molecule has 104 valence electrons. The molecular weight excluding hydrogens is 242 g/mol. The topological polar surface area (TPSA) is 63.1 Å². The van der Waals surface area contributed by atoms with Crippen LogP contribution in [0.15, 0.2) is 22.8 Å². The van der Waals surface area contributed by atoms with Crippen LogP contribution in [0.4, 0.5) is 0 Å². The third kappa shape index (κ3) is 4.44. The highest BCUT2D eigenvalue weighted by molar-refractivity contribution is 5.15. The Balaban J connectivity index is 1.84. The quantitative estimate of drug-likeness (QED) is 0.870. The van der Waals surface area contributed by atoms with E-state index in [0.29, 0.717) is 12.5 Å². The lowest BCUT2D eigenvalue weighted by Crippen LogP contribution is -2.34. The summed E-state index contributed by atoms with van der Waals surface area (Å²) < 4.78 is 11.0. The van der Waals surface area contributed by atoms with E-state index in [2.05, 4.69) is 36.3 Å². The summed E-state index contributed by atoms with van der Waals surface area (Å²) in [4.78, 5) is 0. The smallest absolute Gasteiger partial charge is 0.233 e. The highest BCUT2D eigenvalue weighted by Gasteiger charge is 2.10. The van der Waals surface area contributed by atoms with Gasteiger partial charge in [-0.1, -0.05) is 0 Å². The van der Waals surface area contributed by atoms with Crippen LogP contribution in [0.5, 0.6) is 5.88 Å². The number of aryl methyl sites for hydroxylation is 1. The Morgan fingerprint density at radius 2 is 2.16 bits per heavy atom. The molecule has 5 heteroatoms. The molecule has 0 aliphatic heterocycles. The molecule has 0 unspecified atom stereocenters. The molecule has 2 N–H and O–H groups in total. The summed E-state index contributed by atoms with van der Waals surface area (Å²) in [5.41, 5.74) is 2.19. The second kappa shape index (κ2) is 5.48. The fourth-order valence-corrected chi connectivity index (χ4v) is 1.57. The third-order valence-corrected chi connectivity index (χ3v) is 2.58. The molecule has 5 nitrogen and oxygen atoms in total. The monoisotopic (exact) mass is 263 g/mol. The molecule has 0 aliphatic rings. The average molecular weight is 263 g/mol. The zero-order valence-electron chi connectivity index (χ0n) is 11.9. The fraction of sp³-hybridized carbons (Fsp3) is 0.500. The third-order valence-electron chi connectivity index (χ3n) is 2.58. The summed E-state index contributed by atoms with van der Waals surface area (Å²) in [6, 6.07) is 3.85. The summed E-state index contributed by atoms with van der Waals surface area (Å²) >= 11 is 0. The van der Waals surface area contributed by atoms with Crippen molar-refractivity contribution in [1.29, 1.82) is 0 Å². The first-order valence-electron chi connectivity index (χ1n) is 6.38. The first kappa shape index (κ1) is 13.7. The molecule has 0 bridgehead atoms. The molecule has 0 aromatic carbocycles. The van der Waals surface area contributed by atoms with Crippen molar-refractivity contribution in [3.63, 3.8) is 0 Å². The van der Waals surface area contributed by atoms with Crippen LogP contribution in [0.2, 0.25) is 0 Å². The van der Waals surface area contributed by atoms with Gasteiger partial charge in [0.1, 0.15) is 12.4 Å². The Kier molecular flexibility index (Phi) is 3.95. The van der Waals surface area contributed by atoms with Gasteiger partial charge in [-0.05, 0) is 33.8 Å². The minimum Gasteiger partial charge on any atom is -0.468 e. The molecule has 2 rings (SSSR count). The Morgan fingerprint density at radius 1 is 1.37 bits per heavy atom. The molecular formula is C14H21N3O2. The van der Waals surface area contributed by atoms with Gasteiger partial charge in [0.15, 0.2) is 0 Å². The maximum Gasteiger partial charge on any atom is 0.233 e. The van der Waals surface area contributed by atoms with Crippen molar-refractivity contribution >= 4 is 0 Å². The Bertz CT molecular complexity index is 523. The number of rotatable bonds is 5. The molecule has 0 atom stereocenters. The number of nitrogens with one attached hydrogen (secondary N) is 2.